The van der Waals surface area contributed by atoms with Crippen LogP contribution in [0.1, 0.15) is 58.3 Å². The lowest BCUT2D eigenvalue weighted by Crippen LogP contribution is -2.64. The van der Waals surface area contributed by atoms with Crippen molar-refractivity contribution in [3.8, 4) is 0 Å². The van der Waals surface area contributed by atoms with Gasteiger partial charge in [-0.25, -0.2) is 4.79 Å². The second kappa shape index (κ2) is 12.5. The zero-order valence-corrected chi connectivity index (χ0v) is 19.8. The van der Waals surface area contributed by atoms with E-state index in [1.165, 1.54) is 6.20 Å². The number of nitrogens with zero attached hydrogens (tertiary/aromatic N) is 2. The summed E-state index contributed by atoms with van der Waals surface area (Å²) in [6.07, 6.45) is 8.39. The highest BCUT2D eigenvalue weighted by Gasteiger charge is 2.43. The van der Waals surface area contributed by atoms with E-state index in [0.29, 0.717) is 57.7 Å². The van der Waals surface area contributed by atoms with E-state index in [1.807, 2.05) is 6.92 Å². The maximum Gasteiger partial charge on any atom is 0.318 e. The molecule has 2 aliphatic rings. The summed E-state index contributed by atoms with van der Waals surface area (Å²) in [5, 5.41) is 8.33. The summed E-state index contributed by atoms with van der Waals surface area (Å²) in [5.41, 5.74) is -0.693. The molecule has 1 aliphatic heterocycles. The van der Waals surface area contributed by atoms with Crippen molar-refractivity contribution >= 4 is 29.3 Å². The number of urea groups is 1. The third-order valence-corrected chi connectivity index (χ3v) is 6.40. The maximum atomic E-state index is 13.5. The fraction of sp³-hybridized carbons (Fsp3) is 0.625. The quantitative estimate of drug-likeness (QED) is 0.471. The molecule has 0 spiro atoms. The SMILES string of the molecule is CCCC[C@H](NC(=O)C1(NC(=O)N2CCOCC2)CCCCC1)C(=O)C(=O)Nc1cccnc1. The van der Waals surface area contributed by atoms with Gasteiger partial charge in [-0.15, -0.1) is 0 Å². The van der Waals surface area contributed by atoms with E-state index in [2.05, 4.69) is 20.9 Å². The standard InChI is InChI=1S/C24H35N5O5/c1-2-3-9-19(20(30)21(31)26-18-8-7-12-25-17-18)27-22(32)24(10-5-4-6-11-24)28-23(33)29-13-15-34-16-14-29/h7-8,12,17,19H,2-6,9-11,13-16H2,1H3,(H,26,31)(H,27,32)(H,28,33)/t19-/m0/s1. The molecule has 1 saturated heterocycles. The van der Waals surface area contributed by atoms with Crippen LogP contribution in [0, 0.1) is 0 Å². The van der Waals surface area contributed by atoms with Gasteiger partial charge in [0.2, 0.25) is 11.7 Å². The number of aromatic nitrogens is 1. The van der Waals surface area contributed by atoms with Gasteiger partial charge in [-0.1, -0.05) is 39.0 Å². The summed E-state index contributed by atoms with van der Waals surface area (Å²) in [4.78, 5) is 57.6. The summed E-state index contributed by atoms with van der Waals surface area (Å²) in [7, 11) is 0. The highest BCUT2D eigenvalue weighted by Crippen LogP contribution is 2.29. The number of pyridine rings is 1. The molecule has 1 saturated carbocycles. The van der Waals surface area contributed by atoms with E-state index < -0.39 is 29.2 Å². The van der Waals surface area contributed by atoms with E-state index in [1.54, 1.807) is 23.2 Å². The fourth-order valence-electron chi connectivity index (χ4n) is 4.38. The lowest BCUT2D eigenvalue weighted by molar-refractivity contribution is -0.138. The Balaban J connectivity index is 1.71. The minimum Gasteiger partial charge on any atom is -0.378 e. The van der Waals surface area contributed by atoms with Gasteiger partial charge in [0.05, 0.1) is 31.1 Å². The van der Waals surface area contributed by atoms with Crippen LogP contribution < -0.4 is 16.0 Å². The lowest BCUT2D eigenvalue weighted by Gasteiger charge is -2.39. The number of amides is 4. The number of morpholine rings is 1. The van der Waals surface area contributed by atoms with Crippen molar-refractivity contribution in [2.45, 2.75) is 69.9 Å². The van der Waals surface area contributed by atoms with E-state index >= 15 is 0 Å². The number of carbonyl (C=O) groups excluding carboxylic acids is 4. The molecule has 1 atom stereocenters. The van der Waals surface area contributed by atoms with Gasteiger partial charge in [-0.2, -0.15) is 0 Å². The van der Waals surface area contributed by atoms with Gasteiger partial charge in [0.1, 0.15) is 5.54 Å². The van der Waals surface area contributed by atoms with Gasteiger partial charge < -0.3 is 25.6 Å². The van der Waals surface area contributed by atoms with Crippen molar-refractivity contribution in [1.82, 2.24) is 20.5 Å². The van der Waals surface area contributed by atoms with E-state index in [-0.39, 0.29) is 6.03 Å². The Morgan fingerprint density at radius 3 is 2.53 bits per heavy atom. The average molecular weight is 474 g/mol. The highest BCUT2D eigenvalue weighted by molar-refractivity contribution is 6.42. The Hall–Kier alpha value is -3.01. The first-order chi connectivity index (χ1) is 16.4. The molecule has 0 aromatic carbocycles. The topological polar surface area (TPSA) is 130 Å². The van der Waals surface area contributed by atoms with Crippen molar-refractivity contribution in [3.05, 3.63) is 24.5 Å². The van der Waals surface area contributed by atoms with Gasteiger partial charge in [-0.3, -0.25) is 19.4 Å². The summed E-state index contributed by atoms with van der Waals surface area (Å²) in [6.45, 7) is 3.84. The summed E-state index contributed by atoms with van der Waals surface area (Å²) >= 11 is 0. The molecule has 0 bridgehead atoms. The fourth-order valence-corrected chi connectivity index (χ4v) is 4.38. The molecule has 3 N–H and O–H groups in total. The molecule has 10 nitrogen and oxygen atoms in total. The van der Waals surface area contributed by atoms with Gasteiger partial charge in [-0.05, 0) is 31.4 Å². The molecule has 3 rings (SSSR count). The molecular formula is C24H35N5O5. The smallest absolute Gasteiger partial charge is 0.318 e. The first-order valence-corrected chi connectivity index (χ1v) is 12.2. The maximum absolute atomic E-state index is 13.5. The number of unbranched alkanes of at least 4 members (excludes halogenated alkanes) is 1. The third-order valence-electron chi connectivity index (χ3n) is 6.40. The van der Waals surface area contributed by atoms with E-state index in [0.717, 1.165) is 25.7 Å². The molecule has 1 aromatic heterocycles. The molecule has 34 heavy (non-hydrogen) atoms. The molecule has 10 heteroatoms. The Morgan fingerprint density at radius 2 is 1.88 bits per heavy atom. The lowest BCUT2D eigenvalue weighted by atomic mass is 9.80. The van der Waals surface area contributed by atoms with Crippen LogP contribution in [0.2, 0.25) is 0 Å². The Morgan fingerprint density at radius 1 is 1.15 bits per heavy atom. The van der Waals surface area contributed by atoms with Crippen molar-refractivity contribution < 1.29 is 23.9 Å². The number of hydrogen-bond donors (Lipinski definition) is 3. The molecule has 2 heterocycles. The minimum atomic E-state index is -1.10. The molecule has 0 radical (unpaired) electrons. The molecule has 186 valence electrons. The second-order valence-electron chi connectivity index (χ2n) is 8.90. The third kappa shape index (κ3) is 6.75. The molecule has 0 unspecified atom stereocenters. The summed E-state index contributed by atoms with van der Waals surface area (Å²) < 4.78 is 5.31. The number of anilines is 1. The zero-order chi connectivity index (χ0) is 24.4. The summed E-state index contributed by atoms with van der Waals surface area (Å²) in [5.74, 6) is -1.92. The van der Waals surface area contributed by atoms with Crippen LogP contribution in [0.3, 0.4) is 0 Å². The van der Waals surface area contributed by atoms with Gasteiger partial charge in [0.25, 0.3) is 5.91 Å². The number of Topliss-reactive ketones (excluding diaryl/α,β-unsaturated/α-hetero) is 1. The number of ketones is 1. The number of carbonyl (C=O) groups is 4. The van der Waals surface area contributed by atoms with Gasteiger partial charge in [0, 0.05) is 19.3 Å². The van der Waals surface area contributed by atoms with Crippen LogP contribution in [-0.2, 0) is 19.1 Å². The molecule has 2 fully saturated rings. The largest absolute Gasteiger partial charge is 0.378 e. The molecule has 4 amide bonds. The minimum absolute atomic E-state index is 0.300. The second-order valence-corrected chi connectivity index (χ2v) is 8.90. The van der Waals surface area contributed by atoms with Crippen LogP contribution in [0.5, 0.6) is 0 Å². The molecule has 1 aliphatic carbocycles. The average Bonchev–Trinajstić information content (AvgIpc) is 2.87. The Labute approximate surface area is 200 Å². The number of nitrogens with one attached hydrogen (secondary N) is 3. The van der Waals surface area contributed by atoms with E-state index in [4.69, 9.17) is 4.74 Å². The van der Waals surface area contributed by atoms with Crippen LogP contribution >= 0.6 is 0 Å². The van der Waals surface area contributed by atoms with Crippen molar-refractivity contribution in [3.63, 3.8) is 0 Å². The zero-order valence-electron chi connectivity index (χ0n) is 19.8. The number of rotatable bonds is 9. The van der Waals surface area contributed by atoms with Crippen LogP contribution in [0.4, 0.5) is 10.5 Å². The van der Waals surface area contributed by atoms with Crippen LogP contribution in [0.15, 0.2) is 24.5 Å². The molecule has 1 aromatic rings. The van der Waals surface area contributed by atoms with Crippen molar-refractivity contribution in [2.75, 3.05) is 31.6 Å². The normalized spacial score (nSPS) is 18.4. The van der Waals surface area contributed by atoms with Crippen molar-refractivity contribution in [1.29, 1.82) is 0 Å². The van der Waals surface area contributed by atoms with Gasteiger partial charge in [0.15, 0.2) is 0 Å². The number of ether oxygens (including phenoxy) is 1. The van der Waals surface area contributed by atoms with Crippen LogP contribution in [0.25, 0.3) is 0 Å². The predicted octanol–water partition coefficient (Wildman–Crippen LogP) is 2.01. The molecular weight excluding hydrogens is 438 g/mol. The Kier molecular flexibility index (Phi) is 9.38. The van der Waals surface area contributed by atoms with E-state index in [9.17, 15) is 19.2 Å². The van der Waals surface area contributed by atoms with Gasteiger partial charge >= 0.3 is 6.03 Å². The van der Waals surface area contributed by atoms with Crippen LogP contribution in [-0.4, -0.2) is 71.4 Å². The Bertz CT molecular complexity index is 851. The summed E-state index contributed by atoms with van der Waals surface area (Å²) in [6, 6.07) is 2.02. The predicted molar refractivity (Wildman–Crippen MR) is 126 cm³/mol. The number of hydrogen-bond acceptors (Lipinski definition) is 6. The highest BCUT2D eigenvalue weighted by atomic mass is 16.5. The first kappa shape index (κ1) is 25.6. The monoisotopic (exact) mass is 473 g/mol. The first-order valence-electron chi connectivity index (χ1n) is 12.2. The van der Waals surface area contributed by atoms with Crippen molar-refractivity contribution in [2.24, 2.45) is 0 Å².